The van der Waals surface area contributed by atoms with Crippen LogP contribution < -0.4 is 11.5 Å². The molecule has 15 heteroatoms. The zero-order chi connectivity index (χ0) is 33.5. The number of nitriles is 4. The highest BCUT2D eigenvalue weighted by Gasteiger charge is 2.20. The van der Waals surface area contributed by atoms with Crippen molar-refractivity contribution in [3.63, 3.8) is 0 Å². The van der Waals surface area contributed by atoms with Crippen LogP contribution in [-0.4, -0.2) is 54.7 Å². The largest absolute Gasteiger partial charge is 0.508 e. The Morgan fingerprint density at radius 2 is 1.20 bits per heavy atom. The van der Waals surface area contributed by atoms with Crippen LogP contribution in [0.5, 0.6) is 11.5 Å². The van der Waals surface area contributed by atoms with Crippen molar-refractivity contribution in [2.45, 2.75) is 5.03 Å². The standard InChI is InChI=1S/C15H12N4O2S.C13H8N4OS.C2H5BrO/c16-7-11-13(9-1-3-10(21)4-2-9)12(8-17)15(19-14(11)18)22-6-5-20;14-5-9-11(7-1-3-8(18)4-2-7)10(6-15)13(19)17-12(9)16;3-1-2-4/h1-4,20-21H,5-6H2,(H2,18,19);1-4,18H,(H3,16,17,19);4H,1-2H2. The molecule has 12 nitrogen and oxygen atoms in total. The van der Waals surface area contributed by atoms with E-state index in [1.165, 1.54) is 36.0 Å². The number of benzene rings is 2. The number of aromatic nitrogens is 2. The predicted octanol–water partition coefficient (Wildman–Crippen LogP) is 4.68. The fraction of sp³-hybridized carbons (Fsp3) is 0.133. The van der Waals surface area contributed by atoms with Crippen LogP contribution in [0.2, 0.25) is 0 Å². The molecule has 2 heterocycles. The first-order chi connectivity index (χ1) is 21.6. The number of anilines is 2. The number of phenolic OH excluding ortho intramolecular Hbond substituents is 2. The number of aliphatic hydroxyl groups is 2. The molecule has 0 aliphatic rings. The van der Waals surface area contributed by atoms with Crippen molar-refractivity contribution < 1.29 is 20.4 Å². The summed E-state index contributed by atoms with van der Waals surface area (Å²) in [6.45, 7) is 0.172. The van der Waals surface area contributed by atoms with Crippen LogP contribution in [0, 0.1) is 50.0 Å². The van der Waals surface area contributed by atoms with Crippen molar-refractivity contribution >= 4 is 51.5 Å². The van der Waals surface area contributed by atoms with Crippen LogP contribution >= 0.6 is 39.9 Å². The molecule has 0 unspecified atom stereocenters. The molecule has 0 saturated carbocycles. The molecule has 2 aromatic heterocycles. The Morgan fingerprint density at radius 3 is 1.60 bits per heavy atom. The molecule has 9 N–H and O–H groups in total. The Bertz CT molecular complexity index is 1870. The first kappa shape index (κ1) is 36.1. The van der Waals surface area contributed by atoms with Gasteiger partial charge in [-0.15, -0.1) is 11.8 Å². The minimum Gasteiger partial charge on any atom is -0.508 e. The van der Waals surface area contributed by atoms with Crippen LogP contribution in [0.15, 0.2) is 53.6 Å². The van der Waals surface area contributed by atoms with Gasteiger partial charge in [-0.3, -0.25) is 0 Å². The first-order valence-corrected chi connectivity index (χ1v) is 15.1. The number of thioether (sulfide) groups is 1. The lowest BCUT2D eigenvalue weighted by molar-refractivity contribution is 0.322. The Hall–Kier alpha value is -5.13. The summed E-state index contributed by atoms with van der Waals surface area (Å²) in [5, 5.41) is 73.6. The maximum atomic E-state index is 9.46. The van der Waals surface area contributed by atoms with E-state index in [1.54, 1.807) is 24.3 Å². The van der Waals surface area contributed by atoms with E-state index in [0.29, 0.717) is 38.4 Å². The summed E-state index contributed by atoms with van der Waals surface area (Å²) in [7, 11) is 0. The Kier molecular flexibility index (Phi) is 14.3. The van der Waals surface area contributed by atoms with Gasteiger partial charge in [0, 0.05) is 22.2 Å². The number of pyridine rings is 2. The van der Waals surface area contributed by atoms with E-state index in [-0.39, 0.29) is 63.2 Å². The van der Waals surface area contributed by atoms with E-state index in [4.69, 9.17) is 33.9 Å². The molecule has 0 spiro atoms. The Morgan fingerprint density at radius 1 is 0.756 bits per heavy atom. The number of nitrogens with two attached hydrogens (primary N) is 2. The molecular weight excluding hydrogens is 680 g/mol. The smallest absolute Gasteiger partial charge is 0.143 e. The summed E-state index contributed by atoms with van der Waals surface area (Å²) in [5.74, 6) is 0.689. The molecule has 0 radical (unpaired) electrons. The molecule has 228 valence electrons. The summed E-state index contributed by atoms with van der Waals surface area (Å²) in [6, 6.07) is 20.2. The van der Waals surface area contributed by atoms with Gasteiger partial charge < -0.3 is 36.9 Å². The number of hydrogen-bond donors (Lipinski definition) is 7. The zero-order valence-corrected chi connectivity index (χ0v) is 26.5. The highest BCUT2D eigenvalue weighted by Crippen LogP contribution is 2.36. The third kappa shape index (κ3) is 9.18. The van der Waals surface area contributed by atoms with E-state index in [0.717, 1.165) is 0 Å². The number of nitrogens with zero attached hydrogens (tertiary/aromatic N) is 5. The second kappa shape index (κ2) is 17.9. The van der Waals surface area contributed by atoms with Gasteiger partial charge in [-0.05, 0) is 35.4 Å². The van der Waals surface area contributed by atoms with Crippen LogP contribution in [0.1, 0.15) is 22.3 Å². The molecule has 0 saturated heterocycles. The maximum Gasteiger partial charge on any atom is 0.143 e. The molecule has 45 heavy (non-hydrogen) atoms. The molecule has 0 atom stereocenters. The highest BCUT2D eigenvalue weighted by atomic mass is 79.9. The van der Waals surface area contributed by atoms with Gasteiger partial charge in [-0.2, -0.15) is 21.0 Å². The minimum absolute atomic E-state index is 0.0324. The van der Waals surface area contributed by atoms with Crippen LogP contribution in [0.25, 0.3) is 22.3 Å². The Balaban J connectivity index is 0.000000283. The highest BCUT2D eigenvalue weighted by molar-refractivity contribution is 9.09. The van der Waals surface area contributed by atoms with Gasteiger partial charge in [0.2, 0.25) is 0 Å². The molecule has 4 aromatic rings. The molecule has 0 bridgehead atoms. The fourth-order valence-electron chi connectivity index (χ4n) is 3.72. The number of aromatic hydroxyl groups is 2. The number of halogens is 1. The monoisotopic (exact) mass is 704 g/mol. The van der Waals surface area contributed by atoms with Crippen LogP contribution in [0.4, 0.5) is 11.6 Å². The van der Waals surface area contributed by atoms with Crippen molar-refractivity contribution in [2.75, 3.05) is 35.8 Å². The van der Waals surface area contributed by atoms with Gasteiger partial charge in [0.1, 0.15) is 68.2 Å². The minimum atomic E-state index is -0.0638. The quantitative estimate of drug-likeness (QED) is 0.0818. The molecule has 4 rings (SSSR count). The van der Waals surface area contributed by atoms with E-state index in [9.17, 15) is 31.3 Å². The van der Waals surface area contributed by atoms with Gasteiger partial charge in [-0.1, -0.05) is 52.4 Å². The molecular formula is C30H25BrN8O4S2. The van der Waals surface area contributed by atoms with E-state index in [2.05, 4.69) is 32.0 Å². The van der Waals surface area contributed by atoms with E-state index in [1.807, 2.05) is 18.2 Å². The number of aliphatic hydroxyl groups excluding tert-OH is 2. The van der Waals surface area contributed by atoms with Gasteiger partial charge in [-0.25, -0.2) is 4.98 Å². The van der Waals surface area contributed by atoms with Crippen molar-refractivity contribution in [3.05, 3.63) is 75.4 Å². The topological polar surface area (TPSA) is 257 Å². The molecule has 0 aliphatic heterocycles. The first-order valence-electron chi connectivity index (χ1n) is 12.6. The lowest BCUT2D eigenvalue weighted by Gasteiger charge is -2.12. The van der Waals surface area contributed by atoms with Crippen molar-refractivity contribution in [1.82, 2.24) is 9.97 Å². The number of aromatic amines is 1. The molecule has 0 amide bonds. The molecule has 2 aromatic carbocycles. The average molecular weight is 706 g/mol. The normalized spacial score (nSPS) is 9.58. The number of hydrogen-bond acceptors (Lipinski definition) is 13. The summed E-state index contributed by atoms with van der Waals surface area (Å²) in [5.41, 5.74) is 14.2. The van der Waals surface area contributed by atoms with Crippen molar-refractivity contribution in [1.29, 1.82) is 21.0 Å². The summed E-state index contributed by atoms with van der Waals surface area (Å²) >= 11 is 9.24. The SMILES string of the molecule is N#Cc1c(N)[nH]c(=S)c(C#N)c1-c1ccc(O)cc1.N#Cc1c(N)nc(SCCO)c(C#N)c1-c1ccc(O)cc1.OCCBr. The zero-order valence-electron chi connectivity index (χ0n) is 23.3. The lowest BCUT2D eigenvalue weighted by atomic mass is 9.97. The van der Waals surface area contributed by atoms with Crippen molar-refractivity contribution in [2.24, 2.45) is 0 Å². The van der Waals surface area contributed by atoms with E-state index >= 15 is 0 Å². The van der Waals surface area contributed by atoms with Gasteiger partial charge in [0.25, 0.3) is 0 Å². The van der Waals surface area contributed by atoms with Crippen LogP contribution in [0.3, 0.4) is 0 Å². The third-order valence-electron chi connectivity index (χ3n) is 5.61. The summed E-state index contributed by atoms with van der Waals surface area (Å²) < 4.78 is 0.182. The van der Waals surface area contributed by atoms with Gasteiger partial charge >= 0.3 is 0 Å². The second-order valence-corrected chi connectivity index (χ2v) is 10.7. The average Bonchev–Trinajstić information content (AvgIpc) is 3.04. The van der Waals surface area contributed by atoms with Gasteiger partial charge in [0.15, 0.2) is 0 Å². The predicted molar refractivity (Wildman–Crippen MR) is 176 cm³/mol. The number of alkyl halides is 1. The Labute approximate surface area is 276 Å². The fourth-order valence-corrected chi connectivity index (χ4v) is 4.72. The number of phenols is 2. The van der Waals surface area contributed by atoms with Crippen molar-refractivity contribution in [3.8, 4) is 58.0 Å². The molecule has 0 fully saturated rings. The summed E-state index contributed by atoms with van der Waals surface area (Å²) in [4.78, 5) is 6.72. The van der Waals surface area contributed by atoms with Crippen LogP contribution in [-0.2, 0) is 0 Å². The number of H-pyrrole nitrogens is 1. The van der Waals surface area contributed by atoms with Gasteiger partial charge in [0.05, 0.1) is 24.3 Å². The maximum absolute atomic E-state index is 9.46. The summed E-state index contributed by atoms with van der Waals surface area (Å²) in [6.07, 6.45) is 0. The number of nitrogen functional groups attached to an aromatic ring is 2. The molecule has 0 aliphatic carbocycles. The third-order valence-corrected chi connectivity index (χ3v) is 7.23. The number of nitrogens with one attached hydrogen (secondary N) is 1. The lowest BCUT2D eigenvalue weighted by Crippen LogP contribution is -2.04. The van der Waals surface area contributed by atoms with E-state index < -0.39 is 0 Å². The second-order valence-electron chi connectivity index (χ2n) is 8.45. The number of rotatable bonds is 6.